The largest absolute Gasteiger partial charge is 0.497 e. The van der Waals surface area contributed by atoms with Gasteiger partial charge >= 0.3 is 0 Å². The molecule has 2 aromatic rings. The number of hydrogen-bond donors (Lipinski definition) is 0. The highest BCUT2D eigenvalue weighted by Gasteiger charge is 2.12. The SMILES string of the molecule is COc1cc(Br)c(OCc2ccccc2)c(OC)c1. The van der Waals surface area contributed by atoms with E-state index in [9.17, 15) is 0 Å². The lowest BCUT2D eigenvalue weighted by molar-refractivity contribution is 0.281. The summed E-state index contributed by atoms with van der Waals surface area (Å²) in [5.74, 6) is 2.03. The number of benzene rings is 2. The number of hydrogen-bond acceptors (Lipinski definition) is 3. The Bertz CT molecular complexity index is 541. The molecule has 0 radical (unpaired) electrons. The summed E-state index contributed by atoms with van der Waals surface area (Å²) in [6, 6.07) is 13.6. The van der Waals surface area contributed by atoms with Gasteiger partial charge in [0, 0.05) is 6.07 Å². The van der Waals surface area contributed by atoms with Gasteiger partial charge in [0.1, 0.15) is 12.4 Å². The minimum atomic E-state index is 0.488. The summed E-state index contributed by atoms with van der Waals surface area (Å²) in [6.07, 6.45) is 0. The van der Waals surface area contributed by atoms with E-state index in [2.05, 4.69) is 15.9 Å². The van der Waals surface area contributed by atoms with Crippen molar-refractivity contribution in [1.29, 1.82) is 0 Å². The lowest BCUT2D eigenvalue weighted by Gasteiger charge is -2.14. The molecule has 0 saturated heterocycles. The Kier molecular flexibility index (Phi) is 4.68. The highest BCUT2D eigenvalue weighted by Crippen LogP contribution is 2.39. The molecule has 2 aromatic carbocycles. The van der Waals surface area contributed by atoms with Crippen LogP contribution in [0.3, 0.4) is 0 Å². The zero-order chi connectivity index (χ0) is 13.7. The fraction of sp³-hybridized carbons (Fsp3) is 0.200. The molecule has 0 aromatic heterocycles. The molecule has 0 bridgehead atoms. The van der Waals surface area contributed by atoms with Crippen molar-refractivity contribution < 1.29 is 14.2 Å². The van der Waals surface area contributed by atoms with E-state index in [4.69, 9.17) is 14.2 Å². The fourth-order valence-electron chi connectivity index (χ4n) is 1.68. The first-order valence-corrected chi connectivity index (χ1v) is 6.62. The summed E-state index contributed by atoms with van der Waals surface area (Å²) in [6.45, 7) is 0.488. The van der Waals surface area contributed by atoms with Crippen molar-refractivity contribution in [1.82, 2.24) is 0 Å². The molecule has 100 valence electrons. The zero-order valence-electron chi connectivity index (χ0n) is 10.9. The third-order valence-corrected chi connectivity index (χ3v) is 3.25. The van der Waals surface area contributed by atoms with Crippen molar-refractivity contribution in [2.75, 3.05) is 14.2 Å². The van der Waals surface area contributed by atoms with Crippen LogP contribution < -0.4 is 14.2 Å². The molecule has 4 heteroatoms. The van der Waals surface area contributed by atoms with Crippen molar-refractivity contribution >= 4 is 15.9 Å². The third-order valence-electron chi connectivity index (χ3n) is 2.66. The van der Waals surface area contributed by atoms with Gasteiger partial charge in [-0.05, 0) is 27.6 Å². The topological polar surface area (TPSA) is 27.7 Å². The van der Waals surface area contributed by atoms with Crippen molar-refractivity contribution in [2.45, 2.75) is 6.61 Å². The molecule has 0 fully saturated rings. The predicted molar refractivity (Wildman–Crippen MR) is 78.0 cm³/mol. The van der Waals surface area contributed by atoms with Gasteiger partial charge in [-0.15, -0.1) is 0 Å². The average Bonchev–Trinajstić information content (AvgIpc) is 2.46. The van der Waals surface area contributed by atoms with Crippen LogP contribution in [0.5, 0.6) is 17.2 Å². The fourth-order valence-corrected chi connectivity index (χ4v) is 2.22. The van der Waals surface area contributed by atoms with Crippen LogP contribution in [0.1, 0.15) is 5.56 Å². The molecule has 0 unspecified atom stereocenters. The Hall–Kier alpha value is -1.68. The lowest BCUT2D eigenvalue weighted by atomic mass is 10.2. The number of rotatable bonds is 5. The van der Waals surface area contributed by atoms with Crippen molar-refractivity contribution in [3.8, 4) is 17.2 Å². The highest BCUT2D eigenvalue weighted by atomic mass is 79.9. The Labute approximate surface area is 121 Å². The summed E-state index contributed by atoms with van der Waals surface area (Å²) < 4.78 is 17.1. The molecular weight excluding hydrogens is 308 g/mol. The normalized spacial score (nSPS) is 10.1. The first kappa shape index (κ1) is 13.7. The van der Waals surface area contributed by atoms with Gasteiger partial charge in [-0.1, -0.05) is 30.3 Å². The highest BCUT2D eigenvalue weighted by molar-refractivity contribution is 9.10. The number of methoxy groups -OCH3 is 2. The lowest BCUT2D eigenvalue weighted by Crippen LogP contribution is -1.99. The Balaban J connectivity index is 2.20. The molecule has 0 aliphatic carbocycles. The molecule has 0 heterocycles. The van der Waals surface area contributed by atoms with Crippen LogP contribution in [0.4, 0.5) is 0 Å². The molecule has 0 spiro atoms. The molecule has 2 rings (SSSR count). The van der Waals surface area contributed by atoms with Gasteiger partial charge in [-0.3, -0.25) is 0 Å². The molecule has 3 nitrogen and oxygen atoms in total. The van der Waals surface area contributed by atoms with Crippen molar-refractivity contribution in [2.24, 2.45) is 0 Å². The standard InChI is InChI=1S/C15H15BrO3/c1-17-12-8-13(16)15(14(9-12)18-2)19-10-11-6-4-3-5-7-11/h3-9H,10H2,1-2H3. The minimum Gasteiger partial charge on any atom is -0.497 e. The summed E-state index contributed by atoms with van der Waals surface area (Å²) in [5.41, 5.74) is 1.10. The predicted octanol–water partition coefficient (Wildman–Crippen LogP) is 4.05. The smallest absolute Gasteiger partial charge is 0.176 e. The minimum absolute atomic E-state index is 0.488. The number of ether oxygens (including phenoxy) is 3. The van der Waals surface area contributed by atoms with Gasteiger partial charge in [0.25, 0.3) is 0 Å². The van der Waals surface area contributed by atoms with Crippen LogP contribution in [-0.2, 0) is 6.61 Å². The van der Waals surface area contributed by atoms with Gasteiger partial charge in [-0.2, -0.15) is 0 Å². The van der Waals surface area contributed by atoms with E-state index in [0.717, 1.165) is 15.8 Å². The second-order valence-electron chi connectivity index (χ2n) is 3.91. The molecule has 0 N–H and O–H groups in total. The summed E-state index contributed by atoms with van der Waals surface area (Å²) in [5, 5.41) is 0. The monoisotopic (exact) mass is 322 g/mol. The second kappa shape index (κ2) is 6.48. The molecular formula is C15H15BrO3. The van der Waals surface area contributed by atoms with E-state index in [1.807, 2.05) is 36.4 Å². The molecule has 19 heavy (non-hydrogen) atoms. The molecule has 0 aliphatic heterocycles. The van der Waals surface area contributed by atoms with E-state index in [0.29, 0.717) is 18.1 Å². The summed E-state index contributed by atoms with van der Waals surface area (Å²) in [4.78, 5) is 0. The maximum atomic E-state index is 5.82. The third kappa shape index (κ3) is 3.41. The van der Waals surface area contributed by atoms with Crippen LogP contribution in [0.2, 0.25) is 0 Å². The van der Waals surface area contributed by atoms with Crippen molar-refractivity contribution in [3.05, 3.63) is 52.5 Å². The van der Waals surface area contributed by atoms with Crippen LogP contribution >= 0.6 is 15.9 Å². The van der Waals surface area contributed by atoms with Crippen LogP contribution in [0.25, 0.3) is 0 Å². The van der Waals surface area contributed by atoms with E-state index >= 15 is 0 Å². The Morgan fingerprint density at radius 3 is 2.37 bits per heavy atom. The van der Waals surface area contributed by atoms with Crippen molar-refractivity contribution in [3.63, 3.8) is 0 Å². The van der Waals surface area contributed by atoms with E-state index < -0.39 is 0 Å². The van der Waals surface area contributed by atoms with Crippen LogP contribution in [0.15, 0.2) is 46.9 Å². The van der Waals surface area contributed by atoms with E-state index in [1.54, 1.807) is 20.3 Å². The van der Waals surface area contributed by atoms with E-state index in [1.165, 1.54) is 0 Å². The van der Waals surface area contributed by atoms with Gasteiger partial charge in [0.2, 0.25) is 0 Å². The Morgan fingerprint density at radius 2 is 1.74 bits per heavy atom. The molecule has 0 saturated carbocycles. The van der Waals surface area contributed by atoms with Gasteiger partial charge in [-0.25, -0.2) is 0 Å². The van der Waals surface area contributed by atoms with Gasteiger partial charge < -0.3 is 14.2 Å². The van der Waals surface area contributed by atoms with Crippen LogP contribution in [-0.4, -0.2) is 14.2 Å². The maximum absolute atomic E-state index is 5.82. The maximum Gasteiger partial charge on any atom is 0.176 e. The van der Waals surface area contributed by atoms with Crippen LogP contribution in [0, 0.1) is 0 Å². The van der Waals surface area contributed by atoms with Gasteiger partial charge in [0.05, 0.1) is 18.7 Å². The Morgan fingerprint density at radius 1 is 1.00 bits per heavy atom. The zero-order valence-corrected chi connectivity index (χ0v) is 12.4. The molecule has 0 aliphatic rings. The first-order chi connectivity index (χ1) is 9.24. The first-order valence-electron chi connectivity index (χ1n) is 5.83. The summed E-state index contributed by atoms with van der Waals surface area (Å²) in [7, 11) is 3.22. The average molecular weight is 323 g/mol. The van der Waals surface area contributed by atoms with E-state index in [-0.39, 0.29) is 0 Å². The summed E-state index contributed by atoms with van der Waals surface area (Å²) >= 11 is 3.47. The molecule has 0 atom stereocenters. The van der Waals surface area contributed by atoms with Gasteiger partial charge in [0.15, 0.2) is 11.5 Å². The quantitative estimate of drug-likeness (QED) is 0.831. The second-order valence-corrected chi connectivity index (χ2v) is 4.77. The number of halogens is 1. The molecule has 0 amide bonds.